The number of nitrogens with zero attached hydrogens (tertiary/aromatic N) is 2. The molecule has 26 heavy (non-hydrogen) atoms. The third-order valence-electron chi connectivity index (χ3n) is 4.28. The molecule has 0 radical (unpaired) electrons. The van der Waals surface area contributed by atoms with Crippen molar-refractivity contribution < 1.29 is 14.2 Å². The Morgan fingerprint density at radius 2 is 2.00 bits per heavy atom. The van der Waals surface area contributed by atoms with Crippen LogP contribution >= 0.6 is 24.0 Å². The number of aliphatic imine (C=N–C) groups is 1. The number of rotatable bonds is 9. The fourth-order valence-corrected chi connectivity index (χ4v) is 2.88. The van der Waals surface area contributed by atoms with Gasteiger partial charge in [-0.2, -0.15) is 0 Å². The van der Waals surface area contributed by atoms with Crippen LogP contribution in [0.4, 0.5) is 0 Å². The zero-order valence-corrected chi connectivity index (χ0v) is 18.4. The minimum absolute atomic E-state index is 0. The maximum absolute atomic E-state index is 5.67. The van der Waals surface area contributed by atoms with Crippen molar-refractivity contribution >= 4 is 29.9 Å². The lowest BCUT2D eigenvalue weighted by atomic mass is 10.1. The second kappa shape index (κ2) is 13.2. The summed E-state index contributed by atoms with van der Waals surface area (Å²) in [5, 5.41) is 3.40. The molecule has 1 N–H and O–H groups in total. The lowest BCUT2D eigenvalue weighted by Crippen LogP contribution is -2.40. The molecule has 0 saturated carbocycles. The van der Waals surface area contributed by atoms with Crippen LogP contribution in [-0.4, -0.2) is 64.5 Å². The number of hydrogen-bond donors (Lipinski definition) is 1. The molecule has 2 rings (SSSR count). The number of methoxy groups -OCH3 is 2. The molecule has 0 bridgehead atoms. The van der Waals surface area contributed by atoms with Gasteiger partial charge in [0.05, 0.1) is 33.5 Å². The molecule has 0 amide bonds. The summed E-state index contributed by atoms with van der Waals surface area (Å²) in [4.78, 5) is 7.13. The van der Waals surface area contributed by atoms with E-state index in [-0.39, 0.29) is 24.0 Å². The van der Waals surface area contributed by atoms with Gasteiger partial charge < -0.3 is 24.4 Å². The number of benzene rings is 1. The molecule has 7 heteroatoms. The van der Waals surface area contributed by atoms with E-state index in [1.807, 2.05) is 12.1 Å². The number of nitrogens with one attached hydrogen (secondary N) is 1. The van der Waals surface area contributed by atoms with Gasteiger partial charge in [0, 0.05) is 32.7 Å². The first-order chi connectivity index (χ1) is 12.3. The van der Waals surface area contributed by atoms with Crippen LogP contribution in [0, 0.1) is 5.92 Å². The van der Waals surface area contributed by atoms with E-state index in [9.17, 15) is 0 Å². The first-order valence-electron chi connectivity index (χ1n) is 8.99. The van der Waals surface area contributed by atoms with Crippen LogP contribution in [0.5, 0.6) is 5.75 Å². The number of guanidine groups is 1. The SMILES string of the molecule is CCNC(=NCc1ccc(OC)cc1)N1CCC(COCCOC)C1.I. The van der Waals surface area contributed by atoms with E-state index in [2.05, 4.69) is 29.3 Å². The van der Waals surface area contributed by atoms with Crippen molar-refractivity contribution in [3.8, 4) is 5.75 Å². The second-order valence-electron chi connectivity index (χ2n) is 6.19. The van der Waals surface area contributed by atoms with Gasteiger partial charge in [-0.15, -0.1) is 24.0 Å². The molecule has 1 aliphatic rings. The van der Waals surface area contributed by atoms with Crippen molar-refractivity contribution in [3.63, 3.8) is 0 Å². The molecular weight excluding hydrogens is 445 g/mol. The Balaban J connectivity index is 0.00000338. The fraction of sp³-hybridized carbons (Fsp3) is 0.632. The van der Waals surface area contributed by atoms with Crippen LogP contribution < -0.4 is 10.1 Å². The lowest BCUT2D eigenvalue weighted by Gasteiger charge is -2.21. The monoisotopic (exact) mass is 477 g/mol. The Morgan fingerprint density at radius 1 is 1.23 bits per heavy atom. The lowest BCUT2D eigenvalue weighted by molar-refractivity contribution is 0.0536. The molecule has 148 valence electrons. The highest BCUT2D eigenvalue weighted by Crippen LogP contribution is 2.17. The summed E-state index contributed by atoms with van der Waals surface area (Å²) in [7, 11) is 3.38. The van der Waals surface area contributed by atoms with Gasteiger partial charge in [0.1, 0.15) is 5.75 Å². The molecule has 1 aromatic rings. The maximum Gasteiger partial charge on any atom is 0.194 e. The van der Waals surface area contributed by atoms with Crippen molar-refractivity contribution in [1.82, 2.24) is 10.2 Å². The molecule has 1 fully saturated rings. The Kier molecular flexibility index (Phi) is 11.6. The van der Waals surface area contributed by atoms with E-state index in [4.69, 9.17) is 19.2 Å². The smallest absolute Gasteiger partial charge is 0.194 e. The van der Waals surface area contributed by atoms with Crippen LogP contribution in [0.3, 0.4) is 0 Å². The number of hydrogen-bond acceptors (Lipinski definition) is 4. The van der Waals surface area contributed by atoms with Gasteiger partial charge in [0.15, 0.2) is 5.96 Å². The second-order valence-corrected chi connectivity index (χ2v) is 6.19. The van der Waals surface area contributed by atoms with Crippen LogP contribution in [0.25, 0.3) is 0 Å². The highest BCUT2D eigenvalue weighted by atomic mass is 127. The average Bonchev–Trinajstić information content (AvgIpc) is 3.11. The molecule has 1 aromatic carbocycles. The number of ether oxygens (including phenoxy) is 3. The minimum atomic E-state index is 0. The van der Waals surface area contributed by atoms with Crippen LogP contribution in [0.2, 0.25) is 0 Å². The van der Waals surface area contributed by atoms with Gasteiger partial charge in [-0.1, -0.05) is 12.1 Å². The first-order valence-corrected chi connectivity index (χ1v) is 8.99. The van der Waals surface area contributed by atoms with E-state index in [1.54, 1.807) is 14.2 Å². The Morgan fingerprint density at radius 3 is 2.65 bits per heavy atom. The third-order valence-corrected chi connectivity index (χ3v) is 4.28. The van der Waals surface area contributed by atoms with Crippen LogP contribution in [0.1, 0.15) is 18.9 Å². The Bertz CT molecular complexity index is 525. The highest BCUT2D eigenvalue weighted by Gasteiger charge is 2.24. The topological polar surface area (TPSA) is 55.3 Å². The first kappa shape index (κ1) is 23.0. The van der Waals surface area contributed by atoms with Crippen molar-refractivity contribution in [3.05, 3.63) is 29.8 Å². The van der Waals surface area contributed by atoms with Gasteiger partial charge >= 0.3 is 0 Å². The fourth-order valence-electron chi connectivity index (χ4n) is 2.88. The normalized spacial score (nSPS) is 17.1. The Labute approximate surface area is 174 Å². The standard InChI is InChI=1S/C19H31N3O3.HI/c1-4-20-19(21-13-16-5-7-18(24-3)8-6-16)22-10-9-17(14-22)15-25-12-11-23-2;/h5-8,17H,4,9-15H2,1-3H3,(H,20,21);1H. The summed E-state index contributed by atoms with van der Waals surface area (Å²) in [5.74, 6) is 2.41. The summed E-state index contributed by atoms with van der Waals surface area (Å²) >= 11 is 0. The summed E-state index contributed by atoms with van der Waals surface area (Å²) < 4.78 is 15.9. The number of likely N-dealkylation sites (tertiary alicyclic amines) is 1. The minimum Gasteiger partial charge on any atom is -0.497 e. The highest BCUT2D eigenvalue weighted by molar-refractivity contribution is 14.0. The van der Waals surface area contributed by atoms with E-state index in [1.165, 1.54) is 5.56 Å². The van der Waals surface area contributed by atoms with Crippen molar-refractivity contribution in [2.45, 2.75) is 19.9 Å². The van der Waals surface area contributed by atoms with Gasteiger partial charge in [-0.3, -0.25) is 0 Å². The molecule has 0 aromatic heterocycles. The molecule has 0 aliphatic carbocycles. The molecule has 1 aliphatic heterocycles. The molecule has 0 spiro atoms. The zero-order valence-electron chi connectivity index (χ0n) is 16.1. The summed E-state index contributed by atoms with van der Waals surface area (Å²) in [6.07, 6.45) is 1.14. The van der Waals surface area contributed by atoms with Crippen molar-refractivity contribution in [1.29, 1.82) is 0 Å². The van der Waals surface area contributed by atoms with E-state index >= 15 is 0 Å². The molecule has 1 heterocycles. The van der Waals surface area contributed by atoms with Gasteiger partial charge in [0.25, 0.3) is 0 Å². The Hall–Kier alpha value is -1.06. The quantitative estimate of drug-likeness (QED) is 0.257. The maximum atomic E-state index is 5.67. The summed E-state index contributed by atoms with van der Waals surface area (Å²) in [5.41, 5.74) is 1.18. The van der Waals surface area contributed by atoms with E-state index in [0.717, 1.165) is 44.4 Å². The van der Waals surface area contributed by atoms with E-state index < -0.39 is 0 Å². The predicted octanol–water partition coefficient (Wildman–Crippen LogP) is 2.76. The predicted molar refractivity (Wildman–Crippen MR) is 116 cm³/mol. The number of halogens is 1. The summed E-state index contributed by atoms with van der Waals surface area (Å²) in [6.45, 7) is 7.75. The molecule has 1 atom stereocenters. The van der Waals surface area contributed by atoms with Gasteiger partial charge in [-0.05, 0) is 31.0 Å². The van der Waals surface area contributed by atoms with Gasteiger partial charge in [-0.25, -0.2) is 4.99 Å². The van der Waals surface area contributed by atoms with Crippen LogP contribution in [-0.2, 0) is 16.0 Å². The molecule has 6 nitrogen and oxygen atoms in total. The van der Waals surface area contributed by atoms with Crippen LogP contribution in [0.15, 0.2) is 29.3 Å². The van der Waals surface area contributed by atoms with E-state index in [0.29, 0.717) is 25.7 Å². The molecule has 1 unspecified atom stereocenters. The van der Waals surface area contributed by atoms with Crippen molar-refractivity contribution in [2.24, 2.45) is 10.9 Å². The molecular formula is C19H32IN3O3. The summed E-state index contributed by atoms with van der Waals surface area (Å²) in [6, 6.07) is 8.06. The van der Waals surface area contributed by atoms with Gasteiger partial charge in [0.2, 0.25) is 0 Å². The average molecular weight is 477 g/mol. The largest absolute Gasteiger partial charge is 0.497 e. The van der Waals surface area contributed by atoms with Crippen molar-refractivity contribution in [2.75, 3.05) is 53.7 Å². The zero-order chi connectivity index (χ0) is 17.9. The molecule has 1 saturated heterocycles. The third kappa shape index (κ3) is 7.67.